The Morgan fingerprint density at radius 3 is 1.40 bits per heavy atom. The fraction of sp³-hybridized carbons (Fsp3) is 0. The molecule has 298 valence electrons. The molecule has 3 heterocycles. The number of benzene rings is 9. The predicted molar refractivity (Wildman–Crippen MR) is 258 cm³/mol. The molecule has 0 saturated heterocycles. The van der Waals surface area contributed by atoms with E-state index in [2.05, 4.69) is 162 Å². The quantitative estimate of drug-likeness (QED) is 0.153. The molecule has 12 aromatic rings. The Balaban J connectivity index is 1.13. The van der Waals surface area contributed by atoms with Gasteiger partial charge in [0, 0.05) is 63.5 Å². The highest BCUT2D eigenvalue weighted by molar-refractivity contribution is 8.34. The molecular formula is C57H38N4OS. The molecule has 0 aliphatic heterocycles. The van der Waals surface area contributed by atoms with Crippen molar-refractivity contribution in [2.45, 2.75) is 19.6 Å². The summed E-state index contributed by atoms with van der Waals surface area (Å²) in [7, 11) is -1.94. The molecule has 0 unspecified atom stereocenters. The number of rotatable bonds is 8. The summed E-state index contributed by atoms with van der Waals surface area (Å²) in [5.74, 6) is 1.87. The molecule has 0 aliphatic carbocycles. The van der Waals surface area contributed by atoms with Gasteiger partial charge in [0.25, 0.3) is 0 Å². The van der Waals surface area contributed by atoms with Crippen molar-refractivity contribution >= 4 is 53.8 Å². The number of para-hydroxylation sites is 1. The third kappa shape index (κ3) is 6.14. The topological polar surface area (TPSA) is 56.7 Å². The minimum Gasteiger partial charge on any atom is -0.456 e. The third-order valence-corrected chi connectivity index (χ3v) is 15.8. The van der Waals surface area contributed by atoms with Crippen molar-refractivity contribution in [2.24, 2.45) is 0 Å². The first-order chi connectivity index (χ1) is 31.2. The lowest BCUT2D eigenvalue weighted by atomic mass is 10.1. The molecule has 0 amide bonds. The lowest BCUT2D eigenvalue weighted by Crippen LogP contribution is -2.05. The van der Waals surface area contributed by atoms with Gasteiger partial charge >= 0.3 is 0 Å². The molecule has 0 bridgehead atoms. The van der Waals surface area contributed by atoms with Gasteiger partial charge in [-0.05, 0) is 84.9 Å². The monoisotopic (exact) mass is 826 g/mol. The van der Waals surface area contributed by atoms with Crippen LogP contribution in [-0.4, -0.2) is 19.5 Å². The third-order valence-electron chi connectivity index (χ3n) is 11.9. The summed E-state index contributed by atoms with van der Waals surface area (Å²) >= 11 is 0. The minimum absolute atomic E-state index is 0.609. The summed E-state index contributed by atoms with van der Waals surface area (Å²) in [6.07, 6.45) is 0. The van der Waals surface area contributed by atoms with Gasteiger partial charge in [-0.2, -0.15) is 0 Å². The zero-order valence-electron chi connectivity index (χ0n) is 34.0. The first-order valence-corrected chi connectivity index (χ1v) is 22.7. The first kappa shape index (κ1) is 36.8. The number of hydrogen-bond acceptors (Lipinski definition) is 4. The normalized spacial score (nSPS) is 12.1. The molecule has 0 saturated carbocycles. The van der Waals surface area contributed by atoms with Gasteiger partial charge < -0.3 is 8.98 Å². The first-order valence-electron chi connectivity index (χ1n) is 21.1. The van der Waals surface area contributed by atoms with E-state index in [0.717, 1.165) is 66.1 Å². The highest BCUT2D eigenvalue weighted by atomic mass is 32.3. The van der Waals surface area contributed by atoms with Gasteiger partial charge in [-0.15, -0.1) is 10.0 Å². The average molecular weight is 827 g/mol. The van der Waals surface area contributed by atoms with Gasteiger partial charge in [0.05, 0.1) is 11.0 Å². The van der Waals surface area contributed by atoms with Gasteiger partial charge in [-0.25, -0.2) is 15.0 Å². The van der Waals surface area contributed by atoms with Gasteiger partial charge in [-0.3, -0.25) is 0 Å². The maximum atomic E-state index is 6.58. The summed E-state index contributed by atoms with van der Waals surface area (Å²) in [5.41, 5.74) is 7.68. The van der Waals surface area contributed by atoms with Gasteiger partial charge in [0.2, 0.25) is 0 Å². The van der Waals surface area contributed by atoms with Crippen molar-refractivity contribution in [1.82, 2.24) is 19.5 Å². The molecule has 9 aromatic carbocycles. The van der Waals surface area contributed by atoms with Crippen LogP contribution in [0.4, 0.5) is 0 Å². The predicted octanol–water partition coefficient (Wildman–Crippen LogP) is 15.2. The second-order valence-electron chi connectivity index (χ2n) is 15.6. The number of aromatic nitrogens is 4. The van der Waals surface area contributed by atoms with Crippen molar-refractivity contribution in [3.63, 3.8) is 0 Å². The van der Waals surface area contributed by atoms with Crippen LogP contribution < -0.4 is 0 Å². The van der Waals surface area contributed by atoms with Crippen LogP contribution in [0.5, 0.6) is 0 Å². The second kappa shape index (κ2) is 15.1. The summed E-state index contributed by atoms with van der Waals surface area (Å²) in [6, 6.07) is 81.8. The van der Waals surface area contributed by atoms with Crippen LogP contribution in [0.1, 0.15) is 0 Å². The lowest BCUT2D eigenvalue weighted by Gasteiger charge is -2.42. The Morgan fingerprint density at radius 1 is 0.317 bits per heavy atom. The molecule has 0 aliphatic rings. The number of nitrogens with zero attached hydrogens (tertiary/aromatic N) is 4. The van der Waals surface area contributed by atoms with Gasteiger partial charge in [0.15, 0.2) is 17.5 Å². The molecule has 0 spiro atoms. The Bertz CT molecular complexity index is 3450. The van der Waals surface area contributed by atoms with E-state index in [-0.39, 0.29) is 0 Å². The fourth-order valence-electron chi connectivity index (χ4n) is 9.10. The molecule has 12 rings (SSSR count). The Labute approximate surface area is 365 Å². The Hall–Kier alpha value is -8.06. The average Bonchev–Trinajstić information content (AvgIpc) is 3.89. The fourth-order valence-corrected chi connectivity index (χ4v) is 13.0. The van der Waals surface area contributed by atoms with E-state index in [0.29, 0.717) is 17.5 Å². The number of fused-ring (bicyclic) bond motifs is 6. The van der Waals surface area contributed by atoms with Crippen molar-refractivity contribution in [1.29, 1.82) is 0 Å². The van der Waals surface area contributed by atoms with Gasteiger partial charge in [0.1, 0.15) is 11.2 Å². The second-order valence-corrected chi connectivity index (χ2v) is 18.7. The Kier molecular flexibility index (Phi) is 8.83. The van der Waals surface area contributed by atoms with Crippen LogP contribution in [0.2, 0.25) is 0 Å². The minimum atomic E-state index is -1.94. The van der Waals surface area contributed by atoms with E-state index < -0.39 is 10.0 Å². The number of hydrogen-bond donors (Lipinski definition) is 0. The van der Waals surface area contributed by atoms with Crippen molar-refractivity contribution in [3.8, 4) is 39.9 Å². The summed E-state index contributed by atoms with van der Waals surface area (Å²) < 4.78 is 8.97. The van der Waals surface area contributed by atoms with Crippen molar-refractivity contribution in [2.75, 3.05) is 0 Å². The van der Waals surface area contributed by atoms with Crippen LogP contribution in [0.15, 0.2) is 255 Å². The van der Waals surface area contributed by atoms with Crippen LogP contribution in [0, 0.1) is 0 Å². The largest absolute Gasteiger partial charge is 0.456 e. The molecule has 3 aromatic heterocycles. The van der Waals surface area contributed by atoms with E-state index >= 15 is 0 Å². The van der Waals surface area contributed by atoms with E-state index in [1.807, 2.05) is 72.8 Å². The zero-order chi connectivity index (χ0) is 41.7. The van der Waals surface area contributed by atoms with Gasteiger partial charge in [-0.1, -0.05) is 146 Å². The molecule has 0 N–H and O–H groups in total. The highest BCUT2D eigenvalue weighted by Gasteiger charge is 2.34. The highest BCUT2D eigenvalue weighted by Crippen LogP contribution is 2.73. The standard InChI is InChI=1S/C57H38N4OS/c1-6-19-39(20-7-1)55-58-56(40-21-8-2-9-22-40)60-57(59-55)41-23-18-24-42(35-41)61-51-34-33-46(36-48(51)49-38-54-50(37-52(49)61)47-31-16-17-32-53(47)62-54)63(43-25-10-3-11-26-43,44-27-12-4-13-28-44)45-29-14-5-15-30-45/h1-38H. The molecule has 0 atom stereocenters. The van der Waals surface area contributed by atoms with E-state index in [1.165, 1.54) is 19.6 Å². The molecular weight excluding hydrogens is 789 g/mol. The lowest BCUT2D eigenvalue weighted by molar-refractivity contribution is 0.669. The summed E-state index contributed by atoms with van der Waals surface area (Å²) in [4.78, 5) is 20.2. The van der Waals surface area contributed by atoms with Crippen molar-refractivity contribution in [3.05, 3.63) is 231 Å². The maximum Gasteiger partial charge on any atom is 0.164 e. The van der Waals surface area contributed by atoms with E-state index in [9.17, 15) is 0 Å². The molecule has 0 radical (unpaired) electrons. The molecule has 0 fully saturated rings. The van der Waals surface area contributed by atoms with E-state index in [4.69, 9.17) is 19.4 Å². The van der Waals surface area contributed by atoms with E-state index in [1.54, 1.807) is 0 Å². The van der Waals surface area contributed by atoms with Crippen LogP contribution in [0.3, 0.4) is 0 Å². The maximum absolute atomic E-state index is 6.58. The molecule has 5 nitrogen and oxygen atoms in total. The van der Waals surface area contributed by atoms with Crippen LogP contribution in [-0.2, 0) is 0 Å². The van der Waals surface area contributed by atoms with Crippen LogP contribution in [0.25, 0.3) is 83.6 Å². The number of furan rings is 1. The summed E-state index contributed by atoms with van der Waals surface area (Å²) in [5, 5.41) is 4.43. The Morgan fingerprint density at radius 2 is 0.810 bits per heavy atom. The zero-order valence-corrected chi connectivity index (χ0v) is 34.9. The SMILES string of the molecule is c1ccc(-c2nc(-c3ccccc3)nc(-c3cccc(-n4c5ccc(S(c6ccccc6)(c6ccccc6)c6ccccc6)cc5c5cc6oc7ccccc7c6cc54)c3)n2)cc1. The van der Waals surface area contributed by atoms with Crippen molar-refractivity contribution < 1.29 is 4.42 Å². The summed E-state index contributed by atoms with van der Waals surface area (Å²) in [6.45, 7) is 0. The molecule has 63 heavy (non-hydrogen) atoms. The molecule has 6 heteroatoms. The van der Waals surface area contributed by atoms with Crippen LogP contribution >= 0.6 is 10.0 Å². The smallest absolute Gasteiger partial charge is 0.164 e.